The number of fused-ring (bicyclic) bond motifs is 3. The molecule has 5 nitrogen and oxygen atoms in total. The molecule has 4 rings (SSSR count). The van der Waals surface area contributed by atoms with E-state index in [9.17, 15) is 10.1 Å². The molecule has 144 valence electrons. The van der Waals surface area contributed by atoms with E-state index in [0.717, 1.165) is 52.0 Å². The second-order valence-corrected chi connectivity index (χ2v) is 8.85. The average Bonchev–Trinajstić information content (AvgIpc) is 3.16. The Balaban J connectivity index is 1.84. The highest BCUT2D eigenvalue weighted by Crippen LogP contribution is 2.34. The van der Waals surface area contributed by atoms with Crippen LogP contribution in [-0.4, -0.2) is 14.5 Å². The summed E-state index contributed by atoms with van der Waals surface area (Å²) in [6.07, 6.45) is 6.09. The lowest BCUT2D eigenvalue weighted by Crippen LogP contribution is -2.12. The smallest absolute Gasteiger partial charge is 0.260 e. The maximum atomic E-state index is 12.8. The first kappa shape index (κ1) is 18.7. The molecule has 0 saturated heterocycles. The molecule has 0 saturated carbocycles. The van der Waals surface area contributed by atoms with Gasteiger partial charge >= 0.3 is 0 Å². The fourth-order valence-corrected chi connectivity index (χ4v) is 5.61. The molecule has 0 amide bonds. The fraction of sp³-hybridized carbons (Fsp3) is 0.409. The molecule has 1 N–H and O–H groups in total. The van der Waals surface area contributed by atoms with Crippen LogP contribution in [0.1, 0.15) is 65.9 Å². The Morgan fingerprint density at radius 3 is 2.79 bits per heavy atom. The summed E-state index contributed by atoms with van der Waals surface area (Å²) in [7, 11) is 0. The number of hydrogen-bond acceptors (Lipinski definition) is 4. The van der Waals surface area contributed by atoms with Gasteiger partial charge in [0.25, 0.3) is 5.56 Å². The third-order valence-electron chi connectivity index (χ3n) is 5.54. The average molecular weight is 393 g/mol. The van der Waals surface area contributed by atoms with Crippen molar-refractivity contribution in [1.29, 1.82) is 5.26 Å². The number of nitrogens with one attached hydrogen (secondary N) is 1. The number of rotatable bonds is 3. The Kier molecular flexibility index (Phi) is 4.72. The second-order valence-electron chi connectivity index (χ2n) is 7.77. The molecular weight excluding hydrogens is 368 g/mol. The van der Waals surface area contributed by atoms with Crippen molar-refractivity contribution in [2.45, 2.75) is 59.4 Å². The lowest BCUT2D eigenvalue weighted by Gasteiger charge is -2.13. The van der Waals surface area contributed by atoms with Crippen molar-refractivity contribution in [2.24, 2.45) is 0 Å². The summed E-state index contributed by atoms with van der Waals surface area (Å²) in [5.41, 5.74) is 4.65. The number of aromatic nitrogens is 3. The van der Waals surface area contributed by atoms with Gasteiger partial charge in [0.2, 0.25) is 0 Å². The van der Waals surface area contributed by atoms with Crippen LogP contribution >= 0.6 is 11.3 Å². The summed E-state index contributed by atoms with van der Waals surface area (Å²) in [5.74, 6) is 0.355. The summed E-state index contributed by atoms with van der Waals surface area (Å²) in [5, 5.41) is 10.5. The predicted octanol–water partition coefficient (Wildman–Crippen LogP) is 4.93. The first-order chi connectivity index (χ1) is 13.4. The zero-order valence-electron chi connectivity index (χ0n) is 16.7. The summed E-state index contributed by atoms with van der Waals surface area (Å²) < 4.78 is 2.24. The maximum absolute atomic E-state index is 12.8. The molecule has 1 aliphatic carbocycles. The van der Waals surface area contributed by atoms with E-state index in [1.54, 1.807) is 11.3 Å². The number of allylic oxidation sites excluding steroid dienone is 1. The molecule has 0 unspecified atom stereocenters. The van der Waals surface area contributed by atoms with Crippen LogP contribution in [0.3, 0.4) is 0 Å². The van der Waals surface area contributed by atoms with Crippen LogP contribution in [0.25, 0.3) is 21.9 Å². The first-order valence-corrected chi connectivity index (χ1v) is 10.6. The van der Waals surface area contributed by atoms with Crippen molar-refractivity contribution >= 4 is 33.2 Å². The zero-order valence-corrected chi connectivity index (χ0v) is 17.5. The number of hydrogen-bond donors (Lipinski definition) is 1. The van der Waals surface area contributed by atoms with E-state index < -0.39 is 0 Å². The van der Waals surface area contributed by atoms with Gasteiger partial charge in [0.05, 0.1) is 11.0 Å². The van der Waals surface area contributed by atoms with Gasteiger partial charge in [-0.05, 0) is 76.6 Å². The van der Waals surface area contributed by atoms with Gasteiger partial charge in [-0.3, -0.25) is 4.79 Å². The molecule has 0 spiro atoms. The van der Waals surface area contributed by atoms with Crippen LogP contribution in [0.5, 0.6) is 0 Å². The summed E-state index contributed by atoms with van der Waals surface area (Å²) in [6.45, 7) is 8.41. The monoisotopic (exact) mass is 392 g/mol. The Hall–Kier alpha value is -2.65. The molecule has 0 bridgehead atoms. The van der Waals surface area contributed by atoms with Crippen LogP contribution in [-0.2, 0) is 12.8 Å². The standard InChI is InChI=1S/C22H24N4OS/c1-12(2)26-13(3)9-15(14(26)4)10-16(11-23)20-24-21(27)19-17-7-5-6-8-18(17)28-22(19)25-20/h9-10,12H,5-8H2,1-4H3,(H,24,25,27)/b16-10-. The highest BCUT2D eigenvalue weighted by Gasteiger charge is 2.21. The number of nitriles is 1. The maximum Gasteiger partial charge on any atom is 0.260 e. The van der Waals surface area contributed by atoms with E-state index >= 15 is 0 Å². The van der Waals surface area contributed by atoms with Crippen LogP contribution in [0.15, 0.2) is 10.9 Å². The molecule has 3 aromatic rings. The van der Waals surface area contributed by atoms with E-state index in [-0.39, 0.29) is 5.56 Å². The summed E-state index contributed by atoms with van der Waals surface area (Å²) in [4.78, 5) is 22.3. The van der Waals surface area contributed by atoms with E-state index in [4.69, 9.17) is 0 Å². The number of thiophene rings is 1. The van der Waals surface area contributed by atoms with Crippen molar-refractivity contribution in [1.82, 2.24) is 14.5 Å². The quantitative estimate of drug-likeness (QED) is 0.642. The van der Waals surface area contributed by atoms with Gasteiger partial charge in [-0.15, -0.1) is 11.3 Å². The van der Waals surface area contributed by atoms with Gasteiger partial charge in [0.1, 0.15) is 10.9 Å². The van der Waals surface area contributed by atoms with E-state index in [1.165, 1.54) is 11.3 Å². The Morgan fingerprint density at radius 2 is 2.11 bits per heavy atom. The van der Waals surface area contributed by atoms with Crippen molar-refractivity contribution in [3.05, 3.63) is 49.6 Å². The van der Waals surface area contributed by atoms with Crippen molar-refractivity contribution in [2.75, 3.05) is 0 Å². The second kappa shape index (κ2) is 7.06. The lowest BCUT2D eigenvalue weighted by molar-refractivity contribution is 0.574. The minimum Gasteiger partial charge on any atom is -0.346 e. The van der Waals surface area contributed by atoms with E-state index in [0.29, 0.717) is 17.4 Å². The molecule has 0 fully saturated rings. The van der Waals surface area contributed by atoms with Gasteiger partial charge in [-0.2, -0.15) is 5.26 Å². The number of H-pyrrole nitrogens is 1. The van der Waals surface area contributed by atoms with Crippen LogP contribution in [0.4, 0.5) is 0 Å². The highest BCUT2D eigenvalue weighted by atomic mass is 32.1. The first-order valence-electron chi connectivity index (χ1n) is 9.76. The minimum atomic E-state index is -0.131. The SMILES string of the molecule is Cc1cc(/C=C(/C#N)c2nc3sc4c(c3c(=O)[nH]2)CCCC4)c(C)n1C(C)C. The van der Waals surface area contributed by atoms with Crippen molar-refractivity contribution in [3.8, 4) is 6.07 Å². The van der Waals surface area contributed by atoms with Gasteiger partial charge in [0.15, 0.2) is 5.82 Å². The molecule has 28 heavy (non-hydrogen) atoms. The molecule has 1 aliphatic rings. The topological polar surface area (TPSA) is 74.5 Å². The number of aryl methyl sites for hydroxylation is 3. The zero-order chi connectivity index (χ0) is 20.0. The van der Waals surface area contributed by atoms with Gasteiger partial charge < -0.3 is 9.55 Å². The Bertz CT molecular complexity index is 1200. The third-order valence-corrected chi connectivity index (χ3v) is 6.73. The summed E-state index contributed by atoms with van der Waals surface area (Å²) in [6, 6.07) is 4.65. The lowest BCUT2D eigenvalue weighted by atomic mass is 9.97. The van der Waals surface area contributed by atoms with Crippen molar-refractivity contribution in [3.63, 3.8) is 0 Å². The van der Waals surface area contributed by atoms with Gasteiger partial charge in [-0.1, -0.05) is 0 Å². The molecule has 0 radical (unpaired) electrons. The largest absolute Gasteiger partial charge is 0.346 e. The molecule has 0 aromatic carbocycles. The minimum absolute atomic E-state index is 0.131. The van der Waals surface area contributed by atoms with Crippen LogP contribution < -0.4 is 5.56 Å². The summed E-state index contributed by atoms with van der Waals surface area (Å²) >= 11 is 1.60. The normalized spacial score (nSPS) is 14.5. The highest BCUT2D eigenvalue weighted by molar-refractivity contribution is 7.18. The predicted molar refractivity (Wildman–Crippen MR) is 115 cm³/mol. The number of nitrogens with zero attached hydrogens (tertiary/aromatic N) is 3. The van der Waals surface area contributed by atoms with Gasteiger partial charge in [0, 0.05) is 22.3 Å². The van der Waals surface area contributed by atoms with Crippen LogP contribution in [0, 0.1) is 25.2 Å². The molecule has 3 aromatic heterocycles. The van der Waals surface area contributed by atoms with Gasteiger partial charge in [-0.25, -0.2) is 4.98 Å². The molecule has 0 atom stereocenters. The molecule has 0 aliphatic heterocycles. The van der Waals surface area contributed by atoms with E-state index in [2.05, 4.69) is 54.4 Å². The Morgan fingerprint density at radius 1 is 1.36 bits per heavy atom. The number of aromatic amines is 1. The molecule has 3 heterocycles. The van der Waals surface area contributed by atoms with E-state index in [1.807, 2.05) is 6.08 Å². The van der Waals surface area contributed by atoms with Crippen molar-refractivity contribution < 1.29 is 0 Å². The third kappa shape index (κ3) is 3.00. The molecule has 6 heteroatoms. The molecular formula is C22H24N4OS. The Labute approximate surface area is 168 Å². The fourth-order valence-electron chi connectivity index (χ4n) is 4.34. The van der Waals surface area contributed by atoms with Crippen LogP contribution in [0.2, 0.25) is 0 Å².